The zero-order valence-electron chi connectivity index (χ0n) is 24.9. The molecule has 9 heteroatoms. The van der Waals surface area contributed by atoms with E-state index in [1.54, 1.807) is 12.3 Å². The van der Waals surface area contributed by atoms with Gasteiger partial charge in [-0.3, -0.25) is 14.6 Å². The molecule has 1 unspecified atom stereocenters. The Hall–Kier alpha value is -3.48. The first-order valence-electron chi connectivity index (χ1n) is 15.1. The van der Waals surface area contributed by atoms with Crippen LogP contribution in [0, 0.1) is 24.1 Å². The highest BCUT2D eigenvalue weighted by molar-refractivity contribution is 5.81. The number of aryl methyl sites for hydroxylation is 1. The number of nitrogens with zero attached hydrogens (tertiary/aromatic N) is 2. The van der Waals surface area contributed by atoms with E-state index < -0.39 is 23.9 Å². The van der Waals surface area contributed by atoms with E-state index in [0.29, 0.717) is 50.4 Å². The number of halogens is 1. The fraction of sp³-hybridized carbons (Fsp3) is 0.545. The van der Waals surface area contributed by atoms with Crippen molar-refractivity contribution < 1.29 is 23.8 Å². The van der Waals surface area contributed by atoms with E-state index in [1.807, 2.05) is 18.0 Å². The number of rotatable bonds is 9. The van der Waals surface area contributed by atoms with Crippen molar-refractivity contribution in [3.05, 3.63) is 59.2 Å². The number of terminal acetylenes is 1. The lowest BCUT2D eigenvalue weighted by Gasteiger charge is -2.27. The van der Waals surface area contributed by atoms with Crippen LogP contribution in [-0.2, 0) is 29.0 Å². The molecule has 1 aromatic carbocycles. The van der Waals surface area contributed by atoms with Crippen LogP contribution in [0.4, 0.5) is 4.39 Å². The van der Waals surface area contributed by atoms with Crippen LogP contribution in [0.25, 0.3) is 0 Å². The predicted octanol–water partition coefficient (Wildman–Crippen LogP) is 3.79. The summed E-state index contributed by atoms with van der Waals surface area (Å²) < 4.78 is 20.4. The van der Waals surface area contributed by atoms with Gasteiger partial charge in [0.25, 0.3) is 0 Å². The Kier molecular flexibility index (Phi) is 13.7. The summed E-state index contributed by atoms with van der Waals surface area (Å²) in [5.41, 5.74) is 2.70. The molecule has 0 fully saturated rings. The third-order valence-electron chi connectivity index (χ3n) is 7.50. The number of pyridine rings is 1. The van der Waals surface area contributed by atoms with E-state index in [0.717, 1.165) is 30.4 Å². The average molecular weight is 581 g/mol. The van der Waals surface area contributed by atoms with E-state index in [9.17, 15) is 19.1 Å². The molecule has 0 radical (unpaired) electrons. The standard InChI is InChI=1S/C33H45FN4O4/c1-4-9-27-10-11-32(40)38(12-5-2)13-7-8-14-42-29-17-25(16-28(34)19-29)18-30(37-33(27)41)31(39)23-36-22-26-15-24(6-3)20-35-21-26/h1,15-17,19-21,27,30-31,36,39H,5-14,18,22-23H2,2-3H3,(H,37,41)/t27?,30-,31+/m0/s1. The minimum atomic E-state index is -0.987. The molecule has 2 heterocycles. The fourth-order valence-electron chi connectivity index (χ4n) is 5.15. The maximum absolute atomic E-state index is 14.6. The van der Waals surface area contributed by atoms with Crippen LogP contribution in [0.2, 0.25) is 0 Å². The SMILES string of the molecule is C#CCC1CCC(=O)N(CCC)CCCCOc2cc(F)cc(c2)C[C@@H]([C@H](O)CNCc2cncc(CC)c2)NC1=O. The van der Waals surface area contributed by atoms with Crippen molar-refractivity contribution in [2.75, 3.05) is 26.2 Å². The van der Waals surface area contributed by atoms with Crippen LogP contribution < -0.4 is 15.4 Å². The number of ether oxygens (including phenoxy) is 1. The third-order valence-corrected chi connectivity index (χ3v) is 7.50. The summed E-state index contributed by atoms with van der Waals surface area (Å²) in [5.74, 6) is 1.58. The van der Waals surface area contributed by atoms with Crippen molar-refractivity contribution in [3.8, 4) is 18.1 Å². The number of benzene rings is 1. The van der Waals surface area contributed by atoms with Gasteiger partial charge in [0, 0.05) is 63.4 Å². The van der Waals surface area contributed by atoms with Gasteiger partial charge in [-0.2, -0.15) is 0 Å². The van der Waals surface area contributed by atoms with E-state index in [1.165, 1.54) is 12.1 Å². The smallest absolute Gasteiger partial charge is 0.224 e. The lowest BCUT2D eigenvalue weighted by Crippen LogP contribution is -2.50. The molecule has 1 aliphatic rings. The molecule has 1 aromatic heterocycles. The summed E-state index contributed by atoms with van der Waals surface area (Å²) in [5, 5.41) is 17.4. The monoisotopic (exact) mass is 580 g/mol. The largest absolute Gasteiger partial charge is 0.493 e. The van der Waals surface area contributed by atoms with Gasteiger partial charge < -0.3 is 25.4 Å². The zero-order chi connectivity index (χ0) is 30.3. The summed E-state index contributed by atoms with van der Waals surface area (Å²) in [6.45, 7) is 6.38. The molecule has 42 heavy (non-hydrogen) atoms. The van der Waals surface area contributed by atoms with Crippen molar-refractivity contribution in [1.82, 2.24) is 20.5 Å². The van der Waals surface area contributed by atoms with Gasteiger partial charge in [-0.15, -0.1) is 12.3 Å². The van der Waals surface area contributed by atoms with Gasteiger partial charge >= 0.3 is 0 Å². The van der Waals surface area contributed by atoms with Crippen molar-refractivity contribution >= 4 is 11.8 Å². The number of aromatic nitrogens is 1. The van der Waals surface area contributed by atoms with Crippen LogP contribution in [0.3, 0.4) is 0 Å². The fourth-order valence-corrected chi connectivity index (χ4v) is 5.15. The summed E-state index contributed by atoms with van der Waals surface area (Å²) in [7, 11) is 0. The summed E-state index contributed by atoms with van der Waals surface area (Å²) in [4.78, 5) is 32.6. The van der Waals surface area contributed by atoms with E-state index in [2.05, 4.69) is 34.5 Å². The minimum Gasteiger partial charge on any atom is -0.493 e. The molecule has 0 aliphatic carbocycles. The maximum atomic E-state index is 14.6. The van der Waals surface area contributed by atoms with Crippen molar-refractivity contribution in [1.29, 1.82) is 0 Å². The number of carbonyl (C=O) groups excluding carboxylic acids is 2. The number of fused-ring (bicyclic) bond motifs is 2. The van der Waals surface area contributed by atoms with Crippen molar-refractivity contribution in [2.24, 2.45) is 5.92 Å². The number of aliphatic hydroxyl groups excluding tert-OH is 1. The van der Waals surface area contributed by atoms with Gasteiger partial charge in [0.2, 0.25) is 11.8 Å². The minimum absolute atomic E-state index is 0.00644. The van der Waals surface area contributed by atoms with Crippen LogP contribution in [0.5, 0.6) is 5.75 Å². The normalized spacial score (nSPS) is 19.7. The number of aliphatic hydroxyl groups is 1. The number of hydrogen-bond donors (Lipinski definition) is 3. The number of hydrogen-bond acceptors (Lipinski definition) is 6. The Balaban J connectivity index is 1.81. The molecule has 2 aromatic rings. The molecule has 228 valence electrons. The van der Waals surface area contributed by atoms with Gasteiger partial charge in [0.15, 0.2) is 0 Å². The Morgan fingerprint density at radius 2 is 2.02 bits per heavy atom. The van der Waals surface area contributed by atoms with Gasteiger partial charge in [-0.05, 0) is 67.3 Å². The van der Waals surface area contributed by atoms with Crippen LogP contribution in [0.1, 0.15) is 69.1 Å². The Morgan fingerprint density at radius 3 is 2.79 bits per heavy atom. The van der Waals surface area contributed by atoms with Gasteiger partial charge in [-0.1, -0.05) is 19.9 Å². The van der Waals surface area contributed by atoms with E-state index in [-0.39, 0.29) is 37.6 Å². The summed E-state index contributed by atoms with van der Waals surface area (Å²) in [6.07, 6.45) is 12.3. The highest BCUT2D eigenvalue weighted by Crippen LogP contribution is 2.21. The van der Waals surface area contributed by atoms with Gasteiger partial charge in [0.1, 0.15) is 11.6 Å². The molecule has 1 aliphatic heterocycles. The quantitative estimate of drug-likeness (QED) is 0.390. The summed E-state index contributed by atoms with van der Waals surface area (Å²) in [6, 6.07) is 5.79. The predicted molar refractivity (Wildman–Crippen MR) is 161 cm³/mol. The first-order valence-corrected chi connectivity index (χ1v) is 15.1. The third kappa shape index (κ3) is 10.7. The lowest BCUT2D eigenvalue weighted by atomic mass is 9.95. The second kappa shape index (κ2) is 17.5. The Morgan fingerprint density at radius 1 is 1.21 bits per heavy atom. The highest BCUT2D eigenvalue weighted by atomic mass is 19.1. The number of carbonyl (C=O) groups is 2. The summed E-state index contributed by atoms with van der Waals surface area (Å²) >= 11 is 0. The number of amides is 2. The van der Waals surface area contributed by atoms with Crippen LogP contribution in [0.15, 0.2) is 36.7 Å². The molecule has 3 rings (SSSR count). The molecule has 2 bridgehead atoms. The number of nitrogens with one attached hydrogen (secondary N) is 2. The molecule has 3 N–H and O–H groups in total. The van der Waals surface area contributed by atoms with Crippen molar-refractivity contribution in [2.45, 2.75) is 83.9 Å². The molecule has 0 saturated heterocycles. The van der Waals surface area contributed by atoms with Gasteiger partial charge in [0.05, 0.1) is 18.8 Å². The average Bonchev–Trinajstić information content (AvgIpc) is 2.97. The van der Waals surface area contributed by atoms with E-state index >= 15 is 0 Å². The lowest BCUT2D eigenvalue weighted by molar-refractivity contribution is -0.132. The Bertz CT molecular complexity index is 1200. The van der Waals surface area contributed by atoms with Crippen molar-refractivity contribution in [3.63, 3.8) is 0 Å². The first kappa shape index (κ1) is 33.0. The second-order valence-corrected chi connectivity index (χ2v) is 10.9. The first-order chi connectivity index (χ1) is 20.3. The molecule has 3 atom stereocenters. The van der Waals surface area contributed by atoms with E-state index in [4.69, 9.17) is 11.2 Å². The van der Waals surface area contributed by atoms with Gasteiger partial charge in [-0.25, -0.2) is 4.39 Å². The molecule has 0 spiro atoms. The van der Waals surface area contributed by atoms with Crippen LogP contribution >= 0.6 is 0 Å². The topological polar surface area (TPSA) is 104 Å². The van der Waals surface area contributed by atoms with Crippen LogP contribution in [-0.4, -0.2) is 65.2 Å². The maximum Gasteiger partial charge on any atom is 0.224 e. The molecular formula is C33H45FN4O4. The molecular weight excluding hydrogens is 535 g/mol. The zero-order valence-corrected chi connectivity index (χ0v) is 24.9. The molecule has 2 amide bonds. The second-order valence-electron chi connectivity index (χ2n) is 10.9. The Labute approximate surface area is 249 Å². The molecule has 8 nitrogen and oxygen atoms in total. The molecule has 0 saturated carbocycles. The highest BCUT2D eigenvalue weighted by Gasteiger charge is 2.27.